The molecule has 1 atom stereocenters. The van der Waals surface area contributed by atoms with Gasteiger partial charge in [-0.05, 0) is 46.0 Å². The number of alkyl carbamates (subject to hydrolysis) is 1. The molecule has 0 aliphatic heterocycles. The predicted molar refractivity (Wildman–Crippen MR) is 121 cm³/mol. The number of carbonyl (C=O) groups is 2. The van der Waals surface area contributed by atoms with E-state index >= 15 is 0 Å². The van der Waals surface area contributed by atoms with Gasteiger partial charge in [0.2, 0.25) is 0 Å². The van der Waals surface area contributed by atoms with Crippen LogP contribution < -0.4 is 10.1 Å². The number of carboxylic acids is 1. The van der Waals surface area contributed by atoms with E-state index in [-0.39, 0.29) is 18.9 Å². The Balaban J connectivity index is 1.44. The van der Waals surface area contributed by atoms with Crippen molar-refractivity contribution in [3.8, 4) is 16.9 Å². The number of aliphatic carboxylic acids is 1. The van der Waals surface area contributed by atoms with Crippen molar-refractivity contribution in [2.75, 3.05) is 13.7 Å². The van der Waals surface area contributed by atoms with Gasteiger partial charge < -0.3 is 19.9 Å². The molecule has 0 fully saturated rings. The number of amides is 1. The topological polar surface area (TPSA) is 84.9 Å². The van der Waals surface area contributed by atoms with Gasteiger partial charge in [-0.25, -0.2) is 9.59 Å². The van der Waals surface area contributed by atoms with Crippen LogP contribution in [-0.2, 0) is 16.0 Å². The Morgan fingerprint density at radius 2 is 1.66 bits per heavy atom. The van der Waals surface area contributed by atoms with Crippen LogP contribution in [0.5, 0.6) is 5.75 Å². The summed E-state index contributed by atoms with van der Waals surface area (Å²) in [4.78, 5) is 24.2. The maximum absolute atomic E-state index is 12.5. The van der Waals surface area contributed by atoms with Gasteiger partial charge >= 0.3 is 12.1 Å². The molecule has 1 aliphatic rings. The first-order valence-corrected chi connectivity index (χ1v) is 10.5. The molecule has 164 valence electrons. The fourth-order valence-electron chi connectivity index (χ4n) is 4.04. The third-order valence-electron chi connectivity index (χ3n) is 5.61. The predicted octanol–water partition coefficient (Wildman–Crippen LogP) is 4.88. The van der Waals surface area contributed by atoms with Gasteiger partial charge in [0.25, 0.3) is 0 Å². The molecule has 0 saturated carbocycles. The number of benzene rings is 3. The Labute approximate surface area is 190 Å². The summed E-state index contributed by atoms with van der Waals surface area (Å²) in [6, 6.07) is 19.8. The van der Waals surface area contributed by atoms with Crippen LogP contribution in [0.25, 0.3) is 11.1 Å². The number of rotatable bonds is 7. The summed E-state index contributed by atoms with van der Waals surface area (Å²) in [7, 11) is 1.51. The number of carbonyl (C=O) groups excluding carboxylic acids is 1. The largest absolute Gasteiger partial charge is 0.497 e. The first-order chi connectivity index (χ1) is 15.5. The normalized spacial score (nSPS) is 13.1. The molecule has 0 radical (unpaired) electrons. The number of fused-ring (bicyclic) bond motifs is 3. The summed E-state index contributed by atoms with van der Waals surface area (Å²) >= 11 is 6.19. The molecule has 4 rings (SSSR count). The lowest BCUT2D eigenvalue weighted by molar-refractivity contribution is -0.139. The average Bonchev–Trinajstić information content (AvgIpc) is 3.12. The summed E-state index contributed by atoms with van der Waals surface area (Å²) in [5, 5.41) is 12.4. The quantitative estimate of drug-likeness (QED) is 0.534. The SMILES string of the molecule is COc1ccc(Cl)c(C[C@@H](NC(=O)OCC2c3ccccc3-c3ccccc32)C(=O)O)c1. The van der Waals surface area contributed by atoms with E-state index in [1.165, 1.54) is 7.11 Å². The van der Waals surface area contributed by atoms with E-state index in [2.05, 4.69) is 5.32 Å². The molecule has 3 aromatic rings. The van der Waals surface area contributed by atoms with Crippen molar-refractivity contribution in [2.45, 2.75) is 18.4 Å². The Morgan fingerprint density at radius 3 is 2.25 bits per heavy atom. The Kier molecular flexibility index (Phi) is 6.32. The molecule has 0 aromatic heterocycles. The highest BCUT2D eigenvalue weighted by Crippen LogP contribution is 2.44. The Morgan fingerprint density at radius 1 is 1.03 bits per heavy atom. The molecule has 2 N–H and O–H groups in total. The van der Waals surface area contributed by atoms with E-state index in [4.69, 9.17) is 21.1 Å². The van der Waals surface area contributed by atoms with E-state index in [1.54, 1.807) is 18.2 Å². The van der Waals surface area contributed by atoms with Crippen LogP contribution >= 0.6 is 11.6 Å². The molecule has 1 amide bonds. The number of hydrogen-bond donors (Lipinski definition) is 2. The van der Waals surface area contributed by atoms with Gasteiger partial charge in [-0.15, -0.1) is 0 Å². The van der Waals surface area contributed by atoms with Crippen LogP contribution in [0.4, 0.5) is 4.79 Å². The van der Waals surface area contributed by atoms with Crippen molar-refractivity contribution in [1.82, 2.24) is 5.32 Å². The number of ether oxygens (including phenoxy) is 2. The number of carboxylic acid groups (broad SMARTS) is 1. The standard InChI is InChI=1S/C25H22ClNO5/c1-31-16-10-11-22(26)15(12-16)13-23(24(28)29)27-25(30)32-14-21-19-8-4-2-6-17(19)18-7-3-5-9-20(18)21/h2-12,21,23H,13-14H2,1H3,(H,27,30)(H,28,29)/t23-/m1/s1. The van der Waals surface area contributed by atoms with E-state index in [1.807, 2.05) is 48.5 Å². The fraction of sp³-hybridized carbons (Fsp3) is 0.200. The zero-order chi connectivity index (χ0) is 22.7. The summed E-state index contributed by atoms with van der Waals surface area (Å²) in [5.74, 6) is -0.740. The zero-order valence-electron chi connectivity index (χ0n) is 17.4. The number of methoxy groups -OCH3 is 1. The first-order valence-electron chi connectivity index (χ1n) is 10.1. The van der Waals surface area contributed by atoms with E-state index in [0.717, 1.165) is 22.3 Å². The van der Waals surface area contributed by atoms with Gasteiger partial charge in [-0.3, -0.25) is 0 Å². The molecule has 7 heteroatoms. The molecule has 3 aromatic carbocycles. The highest BCUT2D eigenvalue weighted by molar-refractivity contribution is 6.31. The lowest BCUT2D eigenvalue weighted by atomic mass is 9.98. The lowest BCUT2D eigenvalue weighted by Gasteiger charge is -2.18. The third-order valence-corrected chi connectivity index (χ3v) is 5.98. The van der Waals surface area contributed by atoms with E-state index in [9.17, 15) is 14.7 Å². The summed E-state index contributed by atoms with van der Waals surface area (Å²) in [6.45, 7) is 0.103. The molecule has 0 bridgehead atoms. The minimum atomic E-state index is -1.20. The van der Waals surface area contributed by atoms with Gasteiger partial charge in [0.1, 0.15) is 18.4 Å². The third kappa shape index (κ3) is 4.41. The monoisotopic (exact) mass is 451 g/mol. The van der Waals surface area contributed by atoms with Gasteiger partial charge in [0.15, 0.2) is 0 Å². The van der Waals surface area contributed by atoms with E-state index in [0.29, 0.717) is 16.3 Å². The molecule has 0 spiro atoms. The number of nitrogens with one attached hydrogen (secondary N) is 1. The molecule has 6 nitrogen and oxygen atoms in total. The molecule has 0 saturated heterocycles. The maximum atomic E-state index is 12.5. The van der Waals surface area contributed by atoms with Crippen molar-refractivity contribution < 1.29 is 24.2 Å². The Bertz CT molecular complexity index is 1120. The van der Waals surface area contributed by atoms with Crippen LogP contribution in [0.1, 0.15) is 22.6 Å². The zero-order valence-corrected chi connectivity index (χ0v) is 18.1. The van der Waals surface area contributed by atoms with Crippen LogP contribution in [0.2, 0.25) is 5.02 Å². The van der Waals surface area contributed by atoms with Gasteiger partial charge in [0, 0.05) is 17.4 Å². The average molecular weight is 452 g/mol. The summed E-state index contributed by atoms with van der Waals surface area (Å²) in [6.07, 6.45) is -0.798. The number of hydrogen-bond acceptors (Lipinski definition) is 4. The van der Waals surface area contributed by atoms with Crippen LogP contribution in [-0.4, -0.2) is 36.9 Å². The van der Waals surface area contributed by atoms with E-state index < -0.39 is 18.1 Å². The molecular weight excluding hydrogens is 430 g/mol. The van der Waals surface area contributed by atoms with Crippen molar-refractivity contribution in [3.05, 3.63) is 88.4 Å². The minimum Gasteiger partial charge on any atom is -0.497 e. The molecular formula is C25H22ClNO5. The second-order valence-electron chi connectivity index (χ2n) is 7.52. The fourth-order valence-corrected chi connectivity index (χ4v) is 4.23. The van der Waals surface area contributed by atoms with Gasteiger partial charge in [-0.1, -0.05) is 60.1 Å². The minimum absolute atomic E-state index is 0.00440. The van der Waals surface area contributed by atoms with Crippen molar-refractivity contribution in [1.29, 1.82) is 0 Å². The second kappa shape index (κ2) is 9.32. The summed E-state index contributed by atoms with van der Waals surface area (Å²) in [5.41, 5.74) is 4.96. The van der Waals surface area contributed by atoms with Crippen LogP contribution in [0.3, 0.4) is 0 Å². The first kappa shape index (κ1) is 21.7. The Hall–Kier alpha value is -3.51. The van der Waals surface area contributed by atoms with Gasteiger partial charge in [0.05, 0.1) is 7.11 Å². The highest BCUT2D eigenvalue weighted by atomic mass is 35.5. The van der Waals surface area contributed by atoms with Crippen molar-refractivity contribution in [2.24, 2.45) is 0 Å². The molecule has 1 aliphatic carbocycles. The van der Waals surface area contributed by atoms with Crippen molar-refractivity contribution in [3.63, 3.8) is 0 Å². The highest BCUT2D eigenvalue weighted by Gasteiger charge is 2.30. The second-order valence-corrected chi connectivity index (χ2v) is 7.93. The molecule has 0 heterocycles. The lowest BCUT2D eigenvalue weighted by Crippen LogP contribution is -2.43. The van der Waals surface area contributed by atoms with Gasteiger partial charge in [-0.2, -0.15) is 0 Å². The van der Waals surface area contributed by atoms with Crippen LogP contribution in [0, 0.1) is 0 Å². The number of halogens is 1. The molecule has 32 heavy (non-hydrogen) atoms. The molecule has 0 unspecified atom stereocenters. The van der Waals surface area contributed by atoms with Crippen LogP contribution in [0.15, 0.2) is 66.7 Å². The summed E-state index contributed by atoms with van der Waals surface area (Å²) < 4.78 is 10.6. The maximum Gasteiger partial charge on any atom is 0.407 e. The smallest absolute Gasteiger partial charge is 0.407 e. The van der Waals surface area contributed by atoms with Crippen molar-refractivity contribution >= 4 is 23.7 Å².